The molecule has 0 saturated carbocycles. The van der Waals surface area contributed by atoms with Crippen molar-refractivity contribution in [3.8, 4) is 11.5 Å². The van der Waals surface area contributed by atoms with E-state index in [1.54, 1.807) is 9.80 Å². The van der Waals surface area contributed by atoms with Crippen LogP contribution in [0.1, 0.15) is 17.2 Å². The average molecular weight is 577 g/mol. The number of rotatable bonds is 4. The summed E-state index contributed by atoms with van der Waals surface area (Å²) < 4.78 is 12.0. The largest absolute Gasteiger partial charge is 0.454 e. The molecule has 1 atom stereocenters. The molecule has 3 heterocycles. The van der Waals surface area contributed by atoms with Crippen LogP contribution in [0, 0.1) is 0 Å². The Kier molecular flexibility index (Phi) is 5.60. The normalized spacial score (nSPS) is 18.9. The van der Waals surface area contributed by atoms with Crippen molar-refractivity contribution in [3.05, 3.63) is 136 Å². The second-order valence-electron chi connectivity index (χ2n) is 9.37. The van der Waals surface area contributed by atoms with Gasteiger partial charge in [-0.3, -0.25) is 19.4 Å². The number of hydrogen-bond donors (Lipinski definition) is 0. The van der Waals surface area contributed by atoms with Crippen molar-refractivity contribution in [3.63, 3.8) is 0 Å². The lowest BCUT2D eigenvalue weighted by Crippen LogP contribution is -2.38. The van der Waals surface area contributed by atoms with Crippen LogP contribution in [0.3, 0.4) is 0 Å². The van der Waals surface area contributed by atoms with Crippen molar-refractivity contribution in [2.75, 3.05) is 16.6 Å². The standard InChI is InChI=1S/C32H21BrN2O4/c33-22-14-12-21(13-15-22)29-28-25(17-20-11-16-26-27(18-20)39-19-38-26)31(36)35(24-9-5-2-6-10-24)30(28)32(37)34(29)23-7-3-1-4-8-23/h1-18,29H,19H2/b25-17-/t29-/m1/s1. The van der Waals surface area contributed by atoms with Gasteiger partial charge in [0.25, 0.3) is 11.8 Å². The van der Waals surface area contributed by atoms with Crippen LogP contribution >= 0.6 is 15.9 Å². The molecule has 0 aliphatic carbocycles. The molecule has 0 N–H and O–H groups in total. The van der Waals surface area contributed by atoms with Crippen LogP contribution in [-0.4, -0.2) is 18.6 Å². The lowest BCUT2D eigenvalue weighted by atomic mass is 9.93. The van der Waals surface area contributed by atoms with E-state index in [-0.39, 0.29) is 18.6 Å². The number of ether oxygens (including phenoxy) is 2. The van der Waals surface area contributed by atoms with Crippen LogP contribution in [0.25, 0.3) is 6.08 Å². The molecule has 3 aliphatic rings. The van der Waals surface area contributed by atoms with Gasteiger partial charge in [0.05, 0.1) is 6.04 Å². The van der Waals surface area contributed by atoms with Crippen molar-refractivity contribution in [2.24, 2.45) is 0 Å². The fourth-order valence-electron chi connectivity index (χ4n) is 5.38. The Balaban J connectivity index is 1.46. The van der Waals surface area contributed by atoms with Crippen LogP contribution in [0.4, 0.5) is 11.4 Å². The fraction of sp³-hybridized carbons (Fsp3) is 0.0625. The third-order valence-corrected chi connectivity index (χ3v) is 7.63. The van der Waals surface area contributed by atoms with Crippen LogP contribution in [0.2, 0.25) is 0 Å². The Hall–Kier alpha value is -4.62. The summed E-state index contributed by atoms with van der Waals surface area (Å²) in [5, 5.41) is 0. The molecular formula is C32H21BrN2O4. The molecule has 3 aliphatic heterocycles. The Morgan fingerprint density at radius 3 is 2.13 bits per heavy atom. The number of fused-ring (bicyclic) bond motifs is 1. The second kappa shape index (κ2) is 9.29. The number of amides is 2. The third kappa shape index (κ3) is 3.85. The van der Waals surface area contributed by atoms with E-state index in [1.807, 2.05) is 109 Å². The van der Waals surface area contributed by atoms with Gasteiger partial charge in [-0.2, -0.15) is 0 Å². The van der Waals surface area contributed by atoms with Gasteiger partial charge in [0.15, 0.2) is 11.5 Å². The molecule has 0 radical (unpaired) electrons. The van der Waals surface area contributed by atoms with E-state index in [4.69, 9.17) is 9.47 Å². The highest BCUT2D eigenvalue weighted by Gasteiger charge is 2.52. The van der Waals surface area contributed by atoms with E-state index in [2.05, 4.69) is 15.9 Å². The predicted molar refractivity (Wildman–Crippen MR) is 152 cm³/mol. The number of halogens is 1. The number of anilines is 2. The number of benzene rings is 4. The van der Waals surface area contributed by atoms with Gasteiger partial charge in [-0.1, -0.05) is 70.5 Å². The summed E-state index contributed by atoms with van der Waals surface area (Å²) in [5.74, 6) is 0.823. The molecular weight excluding hydrogens is 556 g/mol. The molecule has 0 aromatic heterocycles. The van der Waals surface area contributed by atoms with Crippen LogP contribution in [0.15, 0.2) is 124 Å². The zero-order chi connectivity index (χ0) is 26.5. The number of nitrogens with zero attached hydrogens (tertiary/aromatic N) is 2. The highest BCUT2D eigenvalue weighted by molar-refractivity contribution is 9.10. The van der Waals surface area contributed by atoms with Gasteiger partial charge in [0.2, 0.25) is 6.79 Å². The van der Waals surface area contributed by atoms with Gasteiger partial charge in [-0.15, -0.1) is 0 Å². The summed E-state index contributed by atoms with van der Waals surface area (Å²) in [6.45, 7) is 0.164. The first kappa shape index (κ1) is 23.5. The summed E-state index contributed by atoms with van der Waals surface area (Å²) in [6.07, 6.45) is 1.84. The van der Waals surface area contributed by atoms with E-state index in [0.717, 1.165) is 21.3 Å². The van der Waals surface area contributed by atoms with Crippen molar-refractivity contribution in [1.82, 2.24) is 0 Å². The molecule has 4 aromatic carbocycles. The van der Waals surface area contributed by atoms with Crippen LogP contribution in [-0.2, 0) is 9.59 Å². The molecule has 4 aromatic rings. The van der Waals surface area contributed by atoms with Gasteiger partial charge >= 0.3 is 0 Å². The Morgan fingerprint density at radius 2 is 1.41 bits per heavy atom. The summed E-state index contributed by atoms with van der Waals surface area (Å²) in [6, 6.07) is 31.9. The maximum absolute atomic E-state index is 14.3. The first-order valence-corrected chi connectivity index (χ1v) is 13.3. The van der Waals surface area contributed by atoms with E-state index >= 15 is 0 Å². The Bertz CT molecular complexity index is 1680. The van der Waals surface area contributed by atoms with Gasteiger partial charge in [0, 0.05) is 27.0 Å². The van der Waals surface area contributed by atoms with Crippen LogP contribution < -0.4 is 19.3 Å². The second-order valence-corrected chi connectivity index (χ2v) is 10.3. The molecule has 2 amide bonds. The molecule has 0 spiro atoms. The monoisotopic (exact) mass is 576 g/mol. The minimum atomic E-state index is -0.499. The van der Waals surface area contributed by atoms with Gasteiger partial charge in [-0.25, -0.2) is 0 Å². The summed E-state index contributed by atoms with van der Waals surface area (Å²) in [5.41, 5.74) is 4.60. The maximum atomic E-state index is 14.3. The fourth-order valence-corrected chi connectivity index (χ4v) is 5.65. The first-order valence-electron chi connectivity index (χ1n) is 12.5. The molecule has 0 bridgehead atoms. The lowest BCUT2D eigenvalue weighted by Gasteiger charge is -2.30. The van der Waals surface area contributed by atoms with E-state index < -0.39 is 6.04 Å². The van der Waals surface area contributed by atoms with Gasteiger partial charge in [0.1, 0.15) is 5.70 Å². The van der Waals surface area contributed by atoms with E-state index in [0.29, 0.717) is 34.0 Å². The molecule has 39 heavy (non-hydrogen) atoms. The number of hydrogen-bond acceptors (Lipinski definition) is 4. The SMILES string of the molecule is O=C1/C(=C\c2ccc3c(c2)OCO3)C2=C(C(=O)N(c3ccccc3)[C@@H]2c2ccc(Br)cc2)N1c1ccccc1. The zero-order valence-corrected chi connectivity index (χ0v) is 22.2. The van der Waals surface area contributed by atoms with Crippen molar-refractivity contribution in [1.29, 1.82) is 0 Å². The molecule has 0 saturated heterocycles. The maximum Gasteiger partial charge on any atom is 0.276 e. The number of para-hydroxylation sites is 2. The topological polar surface area (TPSA) is 59.1 Å². The highest BCUT2D eigenvalue weighted by atomic mass is 79.9. The Morgan fingerprint density at radius 1 is 0.744 bits per heavy atom. The molecule has 7 rings (SSSR count). The van der Waals surface area contributed by atoms with E-state index in [1.165, 1.54) is 0 Å². The average Bonchev–Trinajstić information content (AvgIpc) is 3.63. The van der Waals surface area contributed by atoms with Crippen molar-refractivity contribution >= 4 is 45.2 Å². The van der Waals surface area contributed by atoms with Gasteiger partial charge in [-0.05, 0) is 65.7 Å². The molecule has 0 fully saturated rings. The van der Waals surface area contributed by atoms with Crippen LogP contribution in [0.5, 0.6) is 11.5 Å². The number of carbonyl (C=O) groups excluding carboxylic acids is 2. The molecule has 190 valence electrons. The first-order chi connectivity index (χ1) is 19.1. The zero-order valence-electron chi connectivity index (χ0n) is 20.6. The summed E-state index contributed by atoms with van der Waals surface area (Å²) in [4.78, 5) is 31.8. The highest BCUT2D eigenvalue weighted by Crippen LogP contribution is 2.51. The van der Waals surface area contributed by atoms with Gasteiger partial charge < -0.3 is 9.47 Å². The summed E-state index contributed by atoms with van der Waals surface area (Å²) in [7, 11) is 0. The van der Waals surface area contributed by atoms with Crippen molar-refractivity contribution in [2.45, 2.75) is 6.04 Å². The smallest absolute Gasteiger partial charge is 0.276 e. The quantitative estimate of drug-likeness (QED) is 0.255. The summed E-state index contributed by atoms with van der Waals surface area (Å²) >= 11 is 3.52. The minimum Gasteiger partial charge on any atom is -0.454 e. The Labute approximate surface area is 233 Å². The minimum absolute atomic E-state index is 0.164. The lowest BCUT2D eigenvalue weighted by molar-refractivity contribution is -0.118. The van der Waals surface area contributed by atoms with E-state index in [9.17, 15) is 9.59 Å². The van der Waals surface area contributed by atoms with Crippen molar-refractivity contribution < 1.29 is 19.1 Å². The molecule has 7 heteroatoms. The predicted octanol–water partition coefficient (Wildman–Crippen LogP) is 6.65. The third-order valence-electron chi connectivity index (χ3n) is 7.10. The molecule has 0 unspecified atom stereocenters. The molecule has 6 nitrogen and oxygen atoms in total. The number of carbonyl (C=O) groups is 2.